The lowest BCUT2D eigenvalue weighted by Gasteiger charge is -2.32. The maximum atomic E-state index is 12.4. The number of hydrogen-bond acceptors (Lipinski definition) is 3. The van der Waals surface area contributed by atoms with E-state index in [1.807, 2.05) is 24.2 Å². The van der Waals surface area contributed by atoms with Crippen LogP contribution in [0.2, 0.25) is 5.02 Å². The number of halogens is 1. The number of aromatic nitrogens is 2. The molecule has 1 aromatic carbocycles. The summed E-state index contributed by atoms with van der Waals surface area (Å²) < 4.78 is 2.17. The third-order valence-corrected chi connectivity index (χ3v) is 5.33. The van der Waals surface area contributed by atoms with Crippen molar-refractivity contribution >= 4 is 23.3 Å². The fraction of sp³-hybridized carbons (Fsp3) is 0.450. The molecule has 0 atom stereocenters. The van der Waals surface area contributed by atoms with Crippen LogP contribution in [-0.2, 0) is 11.3 Å². The average Bonchev–Trinajstić information content (AvgIpc) is 3.05. The van der Waals surface area contributed by atoms with Gasteiger partial charge in [0.1, 0.15) is 5.82 Å². The normalized spacial score (nSPS) is 15.2. The van der Waals surface area contributed by atoms with Crippen LogP contribution in [0.1, 0.15) is 41.9 Å². The zero-order valence-corrected chi connectivity index (χ0v) is 15.8. The first-order valence-corrected chi connectivity index (χ1v) is 9.45. The fourth-order valence-corrected chi connectivity index (χ4v) is 3.52. The van der Waals surface area contributed by atoms with Gasteiger partial charge in [0.05, 0.1) is 0 Å². The highest BCUT2D eigenvalue weighted by Gasteiger charge is 2.23. The van der Waals surface area contributed by atoms with Crippen LogP contribution >= 0.6 is 11.6 Å². The first kappa shape index (κ1) is 18.6. The summed E-state index contributed by atoms with van der Waals surface area (Å²) in [6.07, 6.45) is 6.34. The van der Waals surface area contributed by atoms with Crippen molar-refractivity contribution in [3.05, 3.63) is 53.1 Å². The molecule has 1 aliphatic heterocycles. The number of amides is 1. The predicted molar refractivity (Wildman–Crippen MR) is 101 cm³/mol. The van der Waals surface area contributed by atoms with E-state index in [9.17, 15) is 9.59 Å². The van der Waals surface area contributed by atoms with Crippen LogP contribution in [0.15, 0.2) is 36.7 Å². The highest BCUT2D eigenvalue weighted by molar-refractivity contribution is 6.30. The molecule has 1 amide bonds. The minimum atomic E-state index is -0.0134. The highest BCUT2D eigenvalue weighted by atomic mass is 35.5. The van der Waals surface area contributed by atoms with E-state index < -0.39 is 0 Å². The Bertz CT molecular complexity index is 762. The molecule has 6 heteroatoms. The number of hydrogen-bond donors (Lipinski definition) is 0. The molecular weight excluding hydrogens is 350 g/mol. The number of carbonyl (C=O) groups is 2. The Morgan fingerprint density at radius 2 is 1.85 bits per heavy atom. The largest absolute Gasteiger partial charge is 0.343 e. The van der Waals surface area contributed by atoms with Crippen LogP contribution in [0.25, 0.3) is 0 Å². The van der Waals surface area contributed by atoms with Gasteiger partial charge in [0, 0.05) is 55.5 Å². The zero-order chi connectivity index (χ0) is 18.5. The Kier molecular flexibility index (Phi) is 6.09. The van der Waals surface area contributed by atoms with Gasteiger partial charge in [-0.3, -0.25) is 9.59 Å². The summed E-state index contributed by atoms with van der Waals surface area (Å²) in [6.45, 7) is 4.51. The second-order valence-corrected chi connectivity index (χ2v) is 7.32. The molecule has 26 heavy (non-hydrogen) atoms. The van der Waals surface area contributed by atoms with E-state index in [4.69, 9.17) is 11.6 Å². The molecule has 1 aliphatic rings. The van der Waals surface area contributed by atoms with Crippen LogP contribution in [0.3, 0.4) is 0 Å². The number of ketones is 1. The van der Waals surface area contributed by atoms with Crippen molar-refractivity contribution in [3.63, 3.8) is 0 Å². The molecule has 0 unspecified atom stereocenters. The molecule has 1 fully saturated rings. The van der Waals surface area contributed by atoms with Crippen molar-refractivity contribution in [2.75, 3.05) is 13.1 Å². The maximum Gasteiger partial charge on any atom is 0.223 e. The fourth-order valence-electron chi connectivity index (χ4n) is 3.40. The van der Waals surface area contributed by atoms with Gasteiger partial charge in [0.2, 0.25) is 5.91 Å². The second-order valence-electron chi connectivity index (χ2n) is 6.88. The topological polar surface area (TPSA) is 55.2 Å². The lowest BCUT2D eigenvalue weighted by Crippen LogP contribution is -2.39. The van der Waals surface area contributed by atoms with E-state index in [1.165, 1.54) is 0 Å². The number of piperidine rings is 1. The van der Waals surface area contributed by atoms with Gasteiger partial charge in [-0.1, -0.05) is 11.6 Å². The molecular formula is C20H24ClN3O2. The molecule has 1 aromatic heterocycles. The number of benzene rings is 1. The van der Waals surface area contributed by atoms with Crippen molar-refractivity contribution in [2.24, 2.45) is 5.92 Å². The first-order chi connectivity index (χ1) is 12.5. The quantitative estimate of drug-likeness (QED) is 0.724. The Morgan fingerprint density at radius 1 is 1.15 bits per heavy atom. The smallest absolute Gasteiger partial charge is 0.223 e. The number of imidazole rings is 1. The number of Topliss-reactive ketones (excluding diaryl/α,β-unsaturated/α-hetero) is 1. The van der Waals surface area contributed by atoms with Crippen molar-refractivity contribution in [2.45, 2.75) is 39.2 Å². The van der Waals surface area contributed by atoms with Crippen molar-refractivity contribution in [1.82, 2.24) is 14.5 Å². The van der Waals surface area contributed by atoms with E-state index in [-0.39, 0.29) is 24.5 Å². The van der Waals surface area contributed by atoms with Crippen molar-refractivity contribution in [3.8, 4) is 0 Å². The summed E-state index contributed by atoms with van der Waals surface area (Å²) in [7, 11) is 0. The Labute approximate surface area is 159 Å². The summed E-state index contributed by atoms with van der Waals surface area (Å²) >= 11 is 5.83. The summed E-state index contributed by atoms with van der Waals surface area (Å²) in [4.78, 5) is 30.7. The van der Waals surface area contributed by atoms with Gasteiger partial charge in [0.25, 0.3) is 0 Å². The van der Waals surface area contributed by atoms with Gasteiger partial charge in [-0.15, -0.1) is 0 Å². The SMILES string of the molecule is Cc1nccn1CC1CCN(C(=O)CCC(=O)c2ccc(Cl)cc2)CC1. The minimum absolute atomic E-state index is 0.0134. The number of nitrogens with zero attached hydrogens (tertiary/aromatic N) is 3. The molecule has 138 valence electrons. The van der Waals surface area contributed by atoms with Gasteiger partial charge in [0.15, 0.2) is 5.78 Å². The third kappa shape index (κ3) is 4.73. The average molecular weight is 374 g/mol. The number of carbonyl (C=O) groups excluding carboxylic acids is 2. The van der Waals surface area contributed by atoms with E-state index in [0.29, 0.717) is 16.5 Å². The molecule has 0 saturated carbocycles. The minimum Gasteiger partial charge on any atom is -0.343 e. The van der Waals surface area contributed by atoms with E-state index in [1.54, 1.807) is 24.3 Å². The second kappa shape index (κ2) is 8.49. The molecule has 2 aromatic rings. The van der Waals surface area contributed by atoms with E-state index >= 15 is 0 Å². The lowest BCUT2D eigenvalue weighted by atomic mass is 9.96. The van der Waals surface area contributed by atoms with Crippen molar-refractivity contribution in [1.29, 1.82) is 0 Å². The van der Waals surface area contributed by atoms with Crippen LogP contribution in [0.5, 0.6) is 0 Å². The van der Waals surface area contributed by atoms with Crippen LogP contribution in [0, 0.1) is 12.8 Å². The Hall–Kier alpha value is -2.14. The van der Waals surface area contributed by atoms with E-state index in [2.05, 4.69) is 9.55 Å². The van der Waals surface area contributed by atoms with Crippen LogP contribution in [-0.4, -0.2) is 39.2 Å². The standard InChI is InChI=1S/C20H24ClN3O2/c1-15-22-10-13-24(15)14-16-8-11-23(12-9-16)20(26)7-6-19(25)17-2-4-18(21)5-3-17/h2-5,10,13,16H,6-9,11-12,14H2,1H3. The first-order valence-electron chi connectivity index (χ1n) is 9.07. The van der Waals surface area contributed by atoms with E-state index in [0.717, 1.165) is 38.3 Å². The molecule has 0 bridgehead atoms. The zero-order valence-electron chi connectivity index (χ0n) is 15.0. The Morgan fingerprint density at radius 3 is 2.46 bits per heavy atom. The Balaban J connectivity index is 1.43. The lowest BCUT2D eigenvalue weighted by molar-refractivity contribution is -0.132. The maximum absolute atomic E-state index is 12.4. The number of rotatable bonds is 6. The monoisotopic (exact) mass is 373 g/mol. The molecule has 0 spiro atoms. The molecule has 2 heterocycles. The molecule has 0 N–H and O–H groups in total. The summed E-state index contributed by atoms with van der Waals surface area (Å²) in [6, 6.07) is 6.81. The third-order valence-electron chi connectivity index (χ3n) is 5.08. The number of likely N-dealkylation sites (tertiary alicyclic amines) is 1. The number of aryl methyl sites for hydroxylation is 1. The molecule has 5 nitrogen and oxygen atoms in total. The van der Waals surface area contributed by atoms with Crippen molar-refractivity contribution < 1.29 is 9.59 Å². The summed E-state index contributed by atoms with van der Waals surface area (Å²) in [5.74, 6) is 1.66. The summed E-state index contributed by atoms with van der Waals surface area (Å²) in [5, 5.41) is 0.603. The van der Waals surface area contributed by atoms with Gasteiger partial charge in [-0.05, 0) is 49.9 Å². The molecule has 0 aliphatic carbocycles. The van der Waals surface area contributed by atoms with Crippen LogP contribution < -0.4 is 0 Å². The molecule has 0 radical (unpaired) electrons. The highest BCUT2D eigenvalue weighted by Crippen LogP contribution is 2.21. The molecule has 1 saturated heterocycles. The van der Waals surface area contributed by atoms with Gasteiger partial charge >= 0.3 is 0 Å². The van der Waals surface area contributed by atoms with Gasteiger partial charge < -0.3 is 9.47 Å². The molecule has 3 rings (SSSR count). The van der Waals surface area contributed by atoms with Gasteiger partial charge in [-0.2, -0.15) is 0 Å². The van der Waals surface area contributed by atoms with Gasteiger partial charge in [-0.25, -0.2) is 4.98 Å². The van der Waals surface area contributed by atoms with Crippen LogP contribution in [0.4, 0.5) is 0 Å². The summed E-state index contributed by atoms with van der Waals surface area (Å²) in [5.41, 5.74) is 0.608. The predicted octanol–water partition coefficient (Wildman–Crippen LogP) is 3.75.